The fraction of sp³-hybridized carbons (Fsp3) is 0.930. The van der Waals surface area contributed by atoms with Crippen molar-refractivity contribution in [2.45, 2.75) is 245 Å². The van der Waals surface area contributed by atoms with Crippen LogP contribution < -0.4 is 0 Å². The van der Waals surface area contributed by atoms with E-state index in [2.05, 4.69) is 20.8 Å². The summed E-state index contributed by atoms with van der Waals surface area (Å²) in [5.74, 6) is -0.863. The van der Waals surface area contributed by atoms with Crippen molar-refractivity contribution in [2.75, 3.05) is 13.2 Å². The molecule has 290 valence electrons. The summed E-state index contributed by atoms with van der Waals surface area (Å²) in [6.45, 7) is 6.59. The minimum Gasteiger partial charge on any atom is -0.462 e. The molecule has 0 radical (unpaired) electrons. The maximum absolute atomic E-state index is 12.6. The largest absolute Gasteiger partial charge is 0.462 e. The Hall–Kier alpha value is -1.59. The smallest absolute Gasteiger partial charge is 0.306 e. The van der Waals surface area contributed by atoms with Crippen molar-refractivity contribution >= 4 is 17.9 Å². The van der Waals surface area contributed by atoms with Gasteiger partial charge in [0.05, 0.1) is 0 Å². The van der Waals surface area contributed by atoms with Crippen LogP contribution in [0.25, 0.3) is 0 Å². The van der Waals surface area contributed by atoms with Crippen molar-refractivity contribution in [3.63, 3.8) is 0 Å². The molecule has 0 fully saturated rings. The second kappa shape index (κ2) is 39.2. The normalized spacial score (nSPS) is 11.8. The lowest BCUT2D eigenvalue weighted by molar-refractivity contribution is -0.167. The van der Waals surface area contributed by atoms with Crippen LogP contribution in [-0.2, 0) is 28.6 Å². The molecule has 0 amide bonds. The molecule has 0 saturated heterocycles. The minimum atomic E-state index is -0.756. The Morgan fingerprint density at radius 2 is 0.551 bits per heavy atom. The topological polar surface area (TPSA) is 78.9 Å². The standard InChI is InChI=1S/C43H82O6/c1-4-7-10-13-16-18-20-21-22-23-25-28-30-33-36-42(45)48-39-40(49-43(46)37-34-31-26-15-12-9-6-3)38-47-41(44)35-32-29-27-24-19-17-14-11-8-5-2/h40H,4-39H2,1-3H3/t40-/m0/s1. The molecule has 0 aromatic carbocycles. The van der Waals surface area contributed by atoms with Crippen molar-refractivity contribution in [1.29, 1.82) is 0 Å². The van der Waals surface area contributed by atoms with E-state index in [1.54, 1.807) is 0 Å². The number of hydrogen-bond acceptors (Lipinski definition) is 6. The third-order valence-electron chi connectivity index (χ3n) is 9.61. The van der Waals surface area contributed by atoms with Gasteiger partial charge in [-0.15, -0.1) is 0 Å². The first-order valence-electron chi connectivity index (χ1n) is 21.5. The first-order valence-corrected chi connectivity index (χ1v) is 21.5. The maximum Gasteiger partial charge on any atom is 0.306 e. The predicted octanol–water partition coefficient (Wildman–Crippen LogP) is 13.3. The number of esters is 3. The van der Waals surface area contributed by atoms with Crippen LogP contribution in [0.5, 0.6) is 0 Å². The van der Waals surface area contributed by atoms with Gasteiger partial charge in [-0.25, -0.2) is 0 Å². The fourth-order valence-electron chi connectivity index (χ4n) is 6.32. The Morgan fingerprint density at radius 1 is 0.327 bits per heavy atom. The van der Waals surface area contributed by atoms with E-state index in [9.17, 15) is 14.4 Å². The quantitative estimate of drug-likeness (QED) is 0.0362. The molecule has 0 aliphatic heterocycles. The van der Waals surface area contributed by atoms with Gasteiger partial charge in [0.2, 0.25) is 0 Å². The highest BCUT2D eigenvalue weighted by atomic mass is 16.6. The highest BCUT2D eigenvalue weighted by molar-refractivity contribution is 5.71. The van der Waals surface area contributed by atoms with Gasteiger partial charge in [-0.1, -0.05) is 201 Å². The highest BCUT2D eigenvalue weighted by Gasteiger charge is 2.19. The van der Waals surface area contributed by atoms with E-state index >= 15 is 0 Å². The lowest BCUT2D eigenvalue weighted by Gasteiger charge is -2.18. The predicted molar refractivity (Wildman–Crippen MR) is 206 cm³/mol. The lowest BCUT2D eigenvalue weighted by atomic mass is 10.0. The van der Waals surface area contributed by atoms with Crippen molar-refractivity contribution in [3.8, 4) is 0 Å². The number of carbonyl (C=O) groups excluding carboxylic acids is 3. The second-order valence-electron chi connectivity index (χ2n) is 14.6. The van der Waals surface area contributed by atoms with Crippen LogP contribution in [0.15, 0.2) is 0 Å². The molecule has 0 rings (SSSR count). The zero-order valence-corrected chi connectivity index (χ0v) is 33.0. The van der Waals surface area contributed by atoms with E-state index in [-0.39, 0.29) is 31.1 Å². The van der Waals surface area contributed by atoms with E-state index in [0.717, 1.165) is 57.8 Å². The Labute approximate surface area is 304 Å². The average Bonchev–Trinajstić information content (AvgIpc) is 3.10. The second-order valence-corrected chi connectivity index (χ2v) is 14.6. The Balaban J connectivity index is 4.24. The number of ether oxygens (including phenoxy) is 3. The third kappa shape index (κ3) is 37.5. The van der Waals surface area contributed by atoms with Crippen LogP contribution >= 0.6 is 0 Å². The van der Waals surface area contributed by atoms with E-state index < -0.39 is 6.10 Å². The zero-order valence-electron chi connectivity index (χ0n) is 33.0. The van der Waals surface area contributed by atoms with Crippen molar-refractivity contribution in [3.05, 3.63) is 0 Å². The zero-order chi connectivity index (χ0) is 35.9. The van der Waals surface area contributed by atoms with Crippen LogP contribution in [0.2, 0.25) is 0 Å². The van der Waals surface area contributed by atoms with Gasteiger partial charge in [-0.3, -0.25) is 14.4 Å². The minimum absolute atomic E-state index is 0.0638. The number of rotatable bonds is 39. The molecule has 0 aromatic heterocycles. The molecule has 0 unspecified atom stereocenters. The van der Waals surface area contributed by atoms with Crippen molar-refractivity contribution in [2.24, 2.45) is 0 Å². The van der Waals surface area contributed by atoms with Crippen LogP contribution in [0, 0.1) is 0 Å². The Bertz CT molecular complexity index is 723. The number of unbranched alkanes of at least 4 members (excludes halogenated alkanes) is 28. The summed E-state index contributed by atoms with van der Waals surface area (Å²) in [6, 6.07) is 0. The van der Waals surface area contributed by atoms with Gasteiger partial charge in [0.15, 0.2) is 6.10 Å². The molecule has 0 N–H and O–H groups in total. The molecule has 49 heavy (non-hydrogen) atoms. The molecular weight excluding hydrogens is 612 g/mol. The molecule has 6 heteroatoms. The Morgan fingerprint density at radius 3 is 0.816 bits per heavy atom. The molecule has 0 aliphatic rings. The van der Waals surface area contributed by atoms with E-state index in [4.69, 9.17) is 14.2 Å². The van der Waals surface area contributed by atoms with Gasteiger partial charge in [0.25, 0.3) is 0 Å². The number of carbonyl (C=O) groups is 3. The van der Waals surface area contributed by atoms with Crippen molar-refractivity contribution in [1.82, 2.24) is 0 Å². The lowest BCUT2D eigenvalue weighted by Crippen LogP contribution is -2.30. The molecule has 0 bridgehead atoms. The summed E-state index contributed by atoms with van der Waals surface area (Å²) in [5, 5.41) is 0. The van der Waals surface area contributed by atoms with Crippen LogP contribution in [0.3, 0.4) is 0 Å². The van der Waals surface area contributed by atoms with Crippen LogP contribution in [0.1, 0.15) is 239 Å². The third-order valence-corrected chi connectivity index (χ3v) is 9.61. The summed E-state index contributed by atoms with van der Waals surface area (Å²) in [7, 11) is 0. The molecule has 6 nitrogen and oxygen atoms in total. The summed E-state index contributed by atoms with van der Waals surface area (Å²) in [4.78, 5) is 37.4. The summed E-state index contributed by atoms with van der Waals surface area (Å²) < 4.78 is 16.6. The monoisotopic (exact) mass is 695 g/mol. The molecular formula is C43H82O6. The molecule has 0 aromatic rings. The van der Waals surface area contributed by atoms with Crippen LogP contribution in [0.4, 0.5) is 0 Å². The molecule has 0 aliphatic carbocycles. The fourth-order valence-corrected chi connectivity index (χ4v) is 6.32. The van der Waals surface area contributed by atoms with Gasteiger partial charge in [-0.05, 0) is 19.3 Å². The van der Waals surface area contributed by atoms with Crippen molar-refractivity contribution < 1.29 is 28.6 Å². The average molecular weight is 695 g/mol. The summed E-state index contributed by atoms with van der Waals surface area (Å²) in [6.07, 6.45) is 38.1. The van der Waals surface area contributed by atoms with Gasteiger partial charge >= 0.3 is 17.9 Å². The Kier molecular flexibility index (Phi) is 37.9. The SMILES string of the molecule is CCCCCCCCCCCCCCCCC(=O)OC[C@H](COC(=O)CCCCCCCCCCCC)OC(=O)CCCCCCCCC. The van der Waals surface area contributed by atoms with Crippen LogP contribution in [-0.4, -0.2) is 37.2 Å². The molecule has 0 heterocycles. The van der Waals surface area contributed by atoms with Gasteiger partial charge < -0.3 is 14.2 Å². The maximum atomic E-state index is 12.6. The first-order chi connectivity index (χ1) is 24.0. The number of hydrogen-bond donors (Lipinski definition) is 0. The van der Waals surface area contributed by atoms with Gasteiger partial charge in [-0.2, -0.15) is 0 Å². The summed E-state index contributed by atoms with van der Waals surface area (Å²) in [5.41, 5.74) is 0. The van der Waals surface area contributed by atoms with Gasteiger partial charge in [0, 0.05) is 19.3 Å². The molecule has 0 saturated carbocycles. The molecule has 0 spiro atoms. The summed E-state index contributed by atoms with van der Waals surface area (Å²) >= 11 is 0. The van der Waals surface area contributed by atoms with E-state index in [0.29, 0.717) is 19.3 Å². The highest BCUT2D eigenvalue weighted by Crippen LogP contribution is 2.15. The van der Waals surface area contributed by atoms with E-state index in [1.165, 1.54) is 141 Å². The van der Waals surface area contributed by atoms with E-state index in [1.807, 2.05) is 0 Å². The van der Waals surface area contributed by atoms with Gasteiger partial charge in [0.1, 0.15) is 13.2 Å². The first kappa shape index (κ1) is 47.4. The molecule has 1 atom stereocenters.